The highest BCUT2D eigenvalue weighted by atomic mass is 16.2. The Kier molecular flexibility index (Phi) is 8.82. The van der Waals surface area contributed by atoms with Crippen LogP contribution in [-0.2, 0) is 9.59 Å². The standard InChI is InChI=1S/C11H22N2O2/c1-3-5-8-12-11(15)7-9-13-10(14)6-4-2/h3-9H2,1-2H3,(H,12,15)(H,13,14). The van der Waals surface area contributed by atoms with Crippen LogP contribution in [0, 0.1) is 0 Å². The van der Waals surface area contributed by atoms with Gasteiger partial charge >= 0.3 is 0 Å². The van der Waals surface area contributed by atoms with Crippen molar-refractivity contribution >= 4 is 11.8 Å². The monoisotopic (exact) mass is 214 g/mol. The number of unbranched alkanes of at least 4 members (excludes halogenated alkanes) is 1. The molecule has 0 aliphatic rings. The van der Waals surface area contributed by atoms with Crippen molar-refractivity contribution in [2.75, 3.05) is 13.1 Å². The van der Waals surface area contributed by atoms with Crippen molar-refractivity contribution in [1.82, 2.24) is 10.6 Å². The molecular weight excluding hydrogens is 192 g/mol. The molecule has 0 aliphatic carbocycles. The number of hydrogen-bond donors (Lipinski definition) is 2. The lowest BCUT2D eigenvalue weighted by Gasteiger charge is -2.05. The highest BCUT2D eigenvalue weighted by Crippen LogP contribution is 1.87. The molecule has 0 spiro atoms. The fourth-order valence-electron chi connectivity index (χ4n) is 1.12. The summed E-state index contributed by atoms with van der Waals surface area (Å²) in [5.74, 6) is 0.0408. The van der Waals surface area contributed by atoms with E-state index in [1.807, 2.05) is 6.92 Å². The molecule has 0 saturated carbocycles. The van der Waals surface area contributed by atoms with E-state index < -0.39 is 0 Å². The number of hydrogen-bond acceptors (Lipinski definition) is 2. The van der Waals surface area contributed by atoms with Crippen molar-refractivity contribution in [3.63, 3.8) is 0 Å². The molecule has 0 heterocycles. The van der Waals surface area contributed by atoms with Crippen LogP contribution in [0.1, 0.15) is 46.0 Å². The first-order valence-corrected chi connectivity index (χ1v) is 5.74. The van der Waals surface area contributed by atoms with E-state index in [-0.39, 0.29) is 11.8 Å². The summed E-state index contributed by atoms with van der Waals surface area (Å²) in [4.78, 5) is 22.2. The topological polar surface area (TPSA) is 58.2 Å². The predicted molar refractivity (Wildman–Crippen MR) is 60.5 cm³/mol. The van der Waals surface area contributed by atoms with Gasteiger partial charge < -0.3 is 10.6 Å². The third-order valence-corrected chi connectivity index (χ3v) is 2.00. The van der Waals surface area contributed by atoms with Crippen molar-refractivity contribution < 1.29 is 9.59 Å². The number of rotatable bonds is 8. The molecule has 4 nitrogen and oxygen atoms in total. The van der Waals surface area contributed by atoms with Gasteiger partial charge in [-0.05, 0) is 12.8 Å². The molecule has 88 valence electrons. The second-order valence-corrected chi connectivity index (χ2v) is 3.55. The summed E-state index contributed by atoms with van der Waals surface area (Å²) in [6.45, 7) is 5.21. The third kappa shape index (κ3) is 9.25. The summed E-state index contributed by atoms with van der Waals surface area (Å²) < 4.78 is 0. The van der Waals surface area contributed by atoms with Crippen molar-refractivity contribution in [3.05, 3.63) is 0 Å². The average molecular weight is 214 g/mol. The zero-order valence-corrected chi connectivity index (χ0v) is 9.77. The highest BCUT2D eigenvalue weighted by Gasteiger charge is 2.02. The van der Waals surface area contributed by atoms with Gasteiger partial charge in [-0.25, -0.2) is 0 Å². The fourth-order valence-corrected chi connectivity index (χ4v) is 1.12. The summed E-state index contributed by atoms with van der Waals surface area (Å²) in [5, 5.41) is 5.50. The van der Waals surface area contributed by atoms with E-state index in [4.69, 9.17) is 0 Å². The third-order valence-electron chi connectivity index (χ3n) is 2.00. The number of carbonyl (C=O) groups excluding carboxylic acids is 2. The fraction of sp³-hybridized carbons (Fsp3) is 0.818. The summed E-state index contributed by atoms with van der Waals surface area (Å²) in [5.41, 5.74) is 0. The minimum atomic E-state index is 0.0141. The molecule has 15 heavy (non-hydrogen) atoms. The molecule has 0 rings (SSSR count). The molecule has 0 fully saturated rings. The van der Waals surface area contributed by atoms with Crippen LogP contribution in [0.4, 0.5) is 0 Å². The van der Waals surface area contributed by atoms with Crippen LogP contribution in [0.3, 0.4) is 0 Å². The van der Waals surface area contributed by atoms with E-state index in [9.17, 15) is 9.59 Å². The van der Waals surface area contributed by atoms with Crippen LogP contribution in [0.25, 0.3) is 0 Å². The second kappa shape index (κ2) is 9.49. The van der Waals surface area contributed by atoms with Gasteiger partial charge in [0.25, 0.3) is 0 Å². The smallest absolute Gasteiger partial charge is 0.221 e. The van der Waals surface area contributed by atoms with Crippen molar-refractivity contribution in [1.29, 1.82) is 0 Å². The molecule has 4 heteroatoms. The minimum Gasteiger partial charge on any atom is -0.356 e. The minimum absolute atomic E-state index is 0.0141. The van der Waals surface area contributed by atoms with E-state index in [0.717, 1.165) is 25.8 Å². The zero-order chi connectivity index (χ0) is 11.5. The van der Waals surface area contributed by atoms with Crippen LogP contribution in [-0.4, -0.2) is 24.9 Å². The molecule has 0 unspecified atom stereocenters. The maximum Gasteiger partial charge on any atom is 0.221 e. The van der Waals surface area contributed by atoms with Gasteiger partial charge in [-0.2, -0.15) is 0 Å². The Hall–Kier alpha value is -1.06. The normalized spacial score (nSPS) is 9.73. The largest absolute Gasteiger partial charge is 0.356 e. The van der Waals surface area contributed by atoms with Gasteiger partial charge in [0.15, 0.2) is 0 Å². The molecule has 0 aromatic heterocycles. The first-order chi connectivity index (χ1) is 7.20. The molecular formula is C11H22N2O2. The van der Waals surface area contributed by atoms with E-state index in [1.165, 1.54) is 0 Å². The maximum absolute atomic E-state index is 11.2. The Bertz CT molecular complexity index is 193. The number of carbonyl (C=O) groups is 2. The van der Waals surface area contributed by atoms with Gasteiger partial charge in [-0.1, -0.05) is 20.3 Å². The zero-order valence-electron chi connectivity index (χ0n) is 9.77. The van der Waals surface area contributed by atoms with Gasteiger partial charge in [0.05, 0.1) is 0 Å². The van der Waals surface area contributed by atoms with Gasteiger partial charge in [0.2, 0.25) is 11.8 Å². The molecule has 0 atom stereocenters. The number of nitrogens with one attached hydrogen (secondary N) is 2. The van der Waals surface area contributed by atoms with E-state index in [0.29, 0.717) is 19.4 Å². The Morgan fingerprint density at radius 1 is 0.867 bits per heavy atom. The van der Waals surface area contributed by atoms with Gasteiger partial charge in [-0.15, -0.1) is 0 Å². The first-order valence-electron chi connectivity index (χ1n) is 5.74. The van der Waals surface area contributed by atoms with Gasteiger partial charge in [0.1, 0.15) is 0 Å². The van der Waals surface area contributed by atoms with E-state index in [2.05, 4.69) is 17.6 Å². The molecule has 2 amide bonds. The van der Waals surface area contributed by atoms with Crippen LogP contribution in [0.2, 0.25) is 0 Å². The lowest BCUT2D eigenvalue weighted by molar-refractivity contribution is -0.122. The molecule has 0 aromatic rings. The Labute approximate surface area is 91.8 Å². The van der Waals surface area contributed by atoms with Crippen LogP contribution in [0.15, 0.2) is 0 Å². The van der Waals surface area contributed by atoms with Crippen molar-refractivity contribution in [3.8, 4) is 0 Å². The van der Waals surface area contributed by atoms with E-state index in [1.54, 1.807) is 0 Å². The maximum atomic E-state index is 11.2. The van der Waals surface area contributed by atoms with Crippen LogP contribution >= 0.6 is 0 Å². The number of amides is 2. The Morgan fingerprint density at radius 2 is 1.47 bits per heavy atom. The summed E-state index contributed by atoms with van der Waals surface area (Å²) in [6, 6.07) is 0. The predicted octanol–water partition coefficient (Wildman–Crippen LogP) is 1.21. The second-order valence-electron chi connectivity index (χ2n) is 3.55. The molecule has 0 bridgehead atoms. The summed E-state index contributed by atoms with van der Waals surface area (Å²) >= 11 is 0. The molecule has 0 aromatic carbocycles. The van der Waals surface area contributed by atoms with Crippen molar-refractivity contribution in [2.45, 2.75) is 46.0 Å². The summed E-state index contributed by atoms with van der Waals surface area (Å²) in [7, 11) is 0. The average Bonchev–Trinajstić information content (AvgIpc) is 2.18. The highest BCUT2D eigenvalue weighted by molar-refractivity contribution is 5.78. The molecule has 0 aliphatic heterocycles. The summed E-state index contributed by atoms with van der Waals surface area (Å²) in [6.07, 6.45) is 3.84. The first kappa shape index (κ1) is 13.9. The van der Waals surface area contributed by atoms with Crippen molar-refractivity contribution in [2.24, 2.45) is 0 Å². The van der Waals surface area contributed by atoms with Crippen LogP contribution in [0.5, 0.6) is 0 Å². The molecule has 2 N–H and O–H groups in total. The van der Waals surface area contributed by atoms with E-state index >= 15 is 0 Å². The van der Waals surface area contributed by atoms with Gasteiger partial charge in [0, 0.05) is 25.9 Å². The lowest BCUT2D eigenvalue weighted by Crippen LogP contribution is -2.30. The van der Waals surface area contributed by atoms with Crippen LogP contribution < -0.4 is 10.6 Å². The lowest BCUT2D eigenvalue weighted by atomic mass is 10.3. The quantitative estimate of drug-likeness (QED) is 0.597. The Balaban J connectivity index is 3.34. The Morgan fingerprint density at radius 3 is 2.07 bits per heavy atom. The molecule has 0 saturated heterocycles. The SMILES string of the molecule is CCCCNC(=O)CCNC(=O)CCC. The molecule has 0 radical (unpaired) electrons. The van der Waals surface area contributed by atoms with Gasteiger partial charge in [-0.3, -0.25) is 9.59 Å².